The van der Waals surface area contributed by atoms with Gasteiger partial charge in [-0.15, -0.1) is 0 Å². The fraction of sp³-hybridized carbons (Fsp3) is 0.111. The second kappa shape index (κ2) is 4.63. The Morgan fingerprint density at radius 1 is 1.17 bits per heavy atom. The van der Waals surface area contributed by atoms with Crippen LogP contribution in [0, 0.1) is 0 Å². The van der Waals surface area contributed by atoms with Gasteiger partial charge in [0.05, 0.1) is 12.7 Å². The predicted octanol–water partition coefficient (Wildman–Crippen LogP) is 0.338. The van der Waals surface area contributed by atoms with Crippen LogP contribution < -0.4 is 4.74 Å². The first kappa shape index (κ1) is 13.9. The van der Waals surface area contributed by atoms with Gasteiger partial charge in [0.25, 0.3) is 10.1 Å². The minimum atomic E-state index is -4.81. The third kappa shape index (κ3) is 2.57. The standard InChI is InChI=1S/C9H8O8S/c1-17-7-5(9(12)13)2-4(8(10)11)3-6(7)18(14,15)16/h2-3H,1H3,(H,10,11)(H,12,13)(H,14,15,16). The number of aromatic carboxylic acids is 2. The van der Waals surface area contributed by atoms with Crippen molar-refractivity contribution in [3.05, 3.63) is 23.3 Å². The number of hydrogen-bond donors (Lipinski definition) is 3. The maximum Gasteiger partial charge on any atom is 0.339 e. The Balaban J connectivity index is 3.78. The lowest BCUT2D eigenvalue weighted by Gasteiger charge is -2.10. The van der Waals surface area contributed by atoms with Crippen molar-refractivity contribution in [2.45, 2.75) is 4.90 Å². The number of carboxylic acids is 2. The maximum atomic E-state index is 11.1. The summed E-state index contributed by atoms with van der Waals surface area (Å²) in [4.78, 5) is 20.7. The summed E-state index contributed by atoms with van der Waals surface area (Å²) in [6.45, 7) is 0. The zero-order valence-electron chi connectivity index (χ0n) is 8.95. The van der Waals surface area contributed by atoms with Gasteiger partial charge in [-0.05, 0) is 12.1 Å². The number of ether oxygens (including phenoxy) is 1. The summed E-state index contributed by atoms with van der Waals surface area (Å²) in [5.41, 5.74) is -1.27. The van der Waals surface area contributed by atoms with Gasteiger partial charge in [-0.1, -0.05) is 0 Å². The molecule has 0 radical (unpaired) electrons. The lowest BCUT2D eigenvalue weighted by atomic mass is 10.1. The van der Waals surface area contributed by atoms with E-state index in [1.807, 2.05) is 0 Å². The summed E-state index contributed by atoms with van der Waals surface area (Å²) in [6, 6.07) is 1.35. The average molecular weight is 276 g/mol. The quantitative estimate of drug-likeness (QED) is 0.669. The van der Waals surface area contributed by atoms with Gasteiger partial charge in [0.1, 0.15) is 10.5 Å². The van der Waals surface area contributed by atoms with Crippen LogP contribution in [0.5, 0.6) is 5.75 Å². The van der Waals surface area contributed by atoms with Crippen LogP contribution in [0.25, 0.3) is 0 Å². The van der Waals surface area contributed by atoms with Crippen LogP contribution in [-0.4, -0.2) is 42.2 Å². The summed E-state index contributed by atoms with van der Waals surface area (Å²) in [5, 5.41) is 17.6. The number of rotatable bonds is 4. The zero-order chi connectivity index (χ0) is 14.1. The molecule has 18 heavy (non-hydrogen) atoms. The Labute approximate surface area is 101 Å². The molecule has 0 atom stereocenters. The molecule has 9 heteroatoms. The Kier molecular flexibility index (Phi) is 3.58. The van der Waals surface area contributed by atoms with Crippen LogP contribution in [-0.2, 0) is 10.1 Å². The lowest BCUT2D eigenvalue weighted by Crippen LogP contribution is -2.10. The molecule has 0 aliphatic heterocycles. The van der Waals surface area contributed by atoms with Crippen LogP contribution in [0.1, 0.15) is 20.7 Å². The number of hydrogen-bond acceptors (Lipinski definition) is 5. The van der Waals surface area contributed by atoms with Gasteiger partial charge in [-0.25, -0.2) is 9.59 Å². The average Bonchev–Trinajstić information content (AvgIpc) is 2.25. The molecule has 3 N–H and O–H groups in total. The monoisotopic (exact) mass is 276 g/mol. The molecule has 0 bridgehead atoms. The first-order valence-electron chi connectivity index (χ1n) is 4.34. The van der Waals surface area contributed by atoms with E-state index in [2.05, 4.69) is 4.74 Å². The highest BCUT2D eigenvalue weighted by Gasteiger charge is 2.25. The van der Waals surface area contributed by atoms with E-state index < -0.39 is 43.8 Å². The minimum Gasteiger partial charge on any atom is -0.494 e. The smallest absolute Gasteiger partial charge is 0.339 e. The van der Waals surface area contributed by atoms with Gasteiger partial charge in [0.15, 0.2) is 5.75 Å². The molecule has 1 rings (SSSR count). The molecule has 1 aromatic rings. The van der Waals surface area contributed by atoms with E-state index in [9.17, 15) is 18.0 Å². The maximum absolute atomic E-state index is 11.1. The second-order valence-electron chi connectivity index (χ2n) is 3.14. The zero-order valence-corrected chi connectivity index (χ0v) is 9.76. The number of carboxylic acid groups (broad SMARTS) is 2. The van der Waals surface area contributed by atoms with E-state index in [1.54, 1.807) is 0 Å². The van der Waals surface area contributed by atoms with Crippen molar-refractivity contribution in [2.75, 3.05) is 7.11 Å². The summed E-state index contributed by atoms with van der Waals surface area (Å²) >= 11 is 0. The van der Waals surface area contributed by atoms with Crippen molar-refractivity contribution >= 4 is 22.1 Å². The van der Waals surface area contributed by atoms with Crippen molar-refractivity contribution in [1.29, 1.82) is 0 Å². The third-order valence-corrected chi connectivity index (χ3v) is 2.87. The number of carbonyl (C=O) groups is 2. The fourth-order valence-corrected chi connectivity index (χ4v) is 1.99. The predicted molar refractivity (Wildman–Crippen MR) is 56.7 cm³/mol. The van der Waals surface area contributed by atoms with E-state index in [4.69, 9.17) is 14.8 Å². The van der Waals surface area contributed by atoms with Crippen LogP contribution in [0.15, 0.2) is 17.0 Å². The molecule has 0 aliphatic carbocycles. The first-order valence-corrected chi connectivity index (χ1v) is 5.78. The molecular weight excluding hydrogens is 268 g/mol. The van der Waals surface area contributed by atoms with Gasteiger partial charge in [0.2, 0.25) is 0 Å². The summed E-state index contributed by atoms with van der Waals surface area (Å²) < 4.78 is 35.6. The Bertz CT molecular complexity index is 616. The highest BCUT2D eigenvalue weighted by Crippen LogP contribution is 2.29. The number of methoxy groups -OCH3 is 1. The highest BCUT2D eigenvalue weighted by atomic mass is 32.2. The molecule has 0 amide bonds. The van der Waals surface area contributed by atoms with E-state index in [0.717, 1.165) is 13.2 Å². The van der Waals surface area contributed by atoms with Crippen molar-refractivity contribution < 1.29 is 37.5 Å². The third-order valence-electron chi connectivity index (χ3n) is 2.01. The van der Waals surface area contributed by atoms with Gasteiger partial charge in [-0.3, -0.25) is 4.55 Å². The molecule has 8 nitrogen and oxygen atoms in total. The number of benzene rings is 1. The van der Waals surface area contributed by atoms with Gasteiger partial charge in [-0.2, -0.15) is 8.42 Å². The first-order chi connectivity index (χ1) is 8.18. The minimum absolute atomic E-state index is 0.596. The molecule has 0 fully saturated rings. The van der Waals surface area contributed by atoms with E-state index >= 15 is 0 Å². The Morgan fingerprint density at radius 2 is 1.72 bits per heavy atom. The molecular formula is C9H8O8S. The van der Waals surface area contributed by atoms with Crippen molar-refractivity contribution in [2.24, 2.45) is 0 Å². The summed E-state index contributed by atoms with van der Waals surface area (Å²) in [6.07, 6.45) is 0. The van der Waals surface area contributed by atoms with Crippen molar-refractivity contribution in [3.8, 4) is 5.75 Å². The second-order valence-corrected chi connectivity index (χ2v) is 4.53. The highest BCUT2D eigenvalue weighted by molar-refractivity contribution is 7.86. The molecule has 0 spiro atoms. The molecule has 0 aromatic heterocycles. The van der Waals surface area contributed by atoms with Gasteiger partial charge < -0.3 is 14.9 Å². The summed E-state index contributed by atoms with van der Waals surface area (Å²) in [7, 11) is -3.81. The van der Waals surface area contributed by atoms with Crippen LogP contribution >= 0.6 is 0 Å². The van der Waals surface area contributed by atoms with Crippen LogP contribution in [0.3, 0.4) is 0 Å². The van der Waals surface area contributed by atoms with Crippen molar-refractivity contribution in [3.63, 3.8) is 0 Å². The van der Waals surface area contributed by atoms with E-state index in [-0.39, 0.29) is 0 Å². The van der Waals surface area contributed by atoms with Gasteiger partial charge in [0, 0.05) is 0 Å². The molecule has 1 aromatic carbocycles. The largest absolute Gasteiger partial charge is 0.494 e. The van der Waals surface area contributed by atoms with Crippen LogP contribution in [0.4, 0.5) is 0 Å². The normalized spacial score (nSPS) is 11.0. The van der Waals surface area contributed by atoms with Crippen molar-refractivity contribution in [1.82, 2.24) is 0 Å². The molecule has 0 saturated carbocycles. The van der Waals surface area contributed by atoms with Gasteiger partial charge >= 0.3 is 11.9 Å². The topological polar surface area (TPSA) is 138 Å². The Morgan fingerprint density at radius 3 is 2.06 bits per heavy atom. The van der Waals surface area contributed by atoms with E-state index in [0.29, 0.717) is 6.07 Å². The van der Waals surface area contributed by atoms with E-state index in [1.165, 1.54) is 0 Å². The lowest BCUT2D eigenvalue weighted by molar-refractivity contribution is 0.0692. The molecule has 0 unspecified atom stereocenters. The van der Waals surface area contributed by atoms with Crippen LogP contribution in [0.2, 0.25) is 0 Å². The fourth-order valence-electron chi connectivity index (χ4n) is 1.29. The Hall–Kier alpha value is -2.13. The molecule has 0 heterocycles. The SMILES string of the molecule is COc1c(C(=O)O)cc(C(=O)O)cc1S(=O)(=O)O. The molecule has 0 aliphatic rings. The molecule has 0 saturated heterocycles. The summed E-state index contributed by atoms with van der Waals surface area (Å²) in [5.74, 6) is -3.75. The molecule has 98 valence electrons.